The van der Waals surface area contributed by atoms with Crippen molar-refractivity contribution >= 4 is 11.8 Å². The van der Waals surface area contributed by atoms with E-state index in [2.05, 4.69) is 0 Å². The Labute approximate surface area is 53.2 Å². The Morgan fingerprint density at radius 3 is 2.00 bits per heavy atom. The zero-order chi connectivity index (χ0) is 7.65. The number of nitrogens with two attached hydrogens (primary N) is 1. The van der Waals surface area contributed by atoms with E-state index < -0.39 is 11.4 Å². The number of nitrogens with one attached hydrogen (secondary N) is 1. The highest BCUT2D eigenvalue weighted by molar-refractivity contribution is 6.01. The quantitative estimate of drug-likeness (QED) is 0.364. The highest BCUT2D eigenvalue weighted by Gasteiger charge is 2.30. The molecule has 4 nitrogen and oxygen atoms in total. The van der Waals surface area contributed by atoms with Crippen molar-refractivity contribution in [2.24, 2.45) is 11.1 Å². The Balaban J connectivity index is 4.38. The largest absolute Gasteiger partial charge is 0.481 e. The summed E-state index contributed by atoms with van der Waals surface area (Å²) in [5.41, 5.74) is 3.75. The van der Waals surface area contributed by atoms with Crippen molar-refractivity contribution in [3.63, 3.8) is 0 Å². The number of hydrogen-bond acceptors (Lipinski definition) is 2. The van der Waals surface area contributed by atoms with Crippen LogP contribution in [-0.4, -0.2) is 16.9 Å². The maximum absolute atomic E-state index is 10.2. The number of hydrogen-bond donors (Lipinski definition) is 3. The first-order chi connectivity index (χ1) is 3.89. The van der Waals surface area contributed by atoms with Gasteiger partial charge in [0.15, 0.2) is 0 Å². The molecule has 0 unspecified atom stereocenters. The van der Waals surface area contributed by atoms with Crippen LogP contribution in [-0.2, 0) is 4.79 Å². The summed E-state index contributed by atoms with van der Waals surface area (Å²) in [6, 6.07) is 0. The summed E-state index contributed by atoms with van der Waals surface area (Å²) in [4.78, 5) is 10.2. The van der Waals surface area contributed by atoms with Crippen molar-refractivity contribution in [2.45, 2.75) is 13.8 Å². The van der Waals surface area contributed by atoms with E-state index in [1.165, 1.54) is 13.8 Å². The number of amidine groups is 1. The van der Waals surface area contributed by atoms with Gasteiger partial charge < -0.3 is 10.8 Å². The van der Waals surface area contributed by atoms with Crippen molar-refractivity contribution in [3.8, 4) is 0 Å². The Hall–Kier alpha value is -1.06. The maximum Gasteiger partial charge on any atom is 0.316 e. The number of carbonyl (C=O) groups is 1. The molecule has 4 heteroatoms. The van der Waals surface area contributed by atoms with E-state index in [1.807, 2.05) is 0 Å². The minimum atomic E-state index is -1.22. The topological polar surface area (TPSA) is 87.2 Å². The summed E-state index contributed by atoms with van der Waals surface area (Å²) in [5, 5.41) is 15.2. The number of carboxylic acid groups (broad SMARTS) is 1. The van der Waals surface area contributed by atoms with Gasteiger partial charge in [-0.25, -0.2) is 0 Å². The lowest BCUT2D eigenvalue weighted by Crippen LogP contribution is -2.37. The highest BCUT2D eigenvalue weighted by Crippen LogP contribution is 2.13. The van der Waals surface area contributed by atoms with Gasteiger partial charge >= 0.3 is 5.97 Å². The molecular weight excluding hydrogens is 120 g/mol. The van der Waals surface area contributed by atoms with E-state index in [4.69, 9.17) is 16.2 Å². The first-order valence-electron chi connectivity index (χ1n) is 2.47. The summed E-state index contributed by atoms with van der Waals surface area (Å²) < 4.78 is 0. The number of carboxylic acids is 1. The van der Waals surface area contributed by atoms with Crippen molar-refractivity contribution < 1.29 is 9.90 Å². The van der Waals surface area contributed by atoms with Gasteiger partial charge in [-0.2, -0.15) is 0 Å². The smallest absolute Gasteiger partial charge is 0.316 e. The summed E-state index contributed by atoms with van der Waals surface area (Å²) in [7, 11) is 0. The first-order valence-corrected chi connectivity index (χ1v) is 2.47. The van der Waals surface area contributed by atoms with Crippen LogP contribution in [0.1, 0.15) is 13.8 Å². The van der Waals surface area contributed by atoms with Gasteiger partial charge in [-0.15, -0.1) is 0 Å². The van der Waals surface area contributed by atoms with Crippen molar-refractivity contribution in [3.05, 3.63) is 0 Å². The van der Waals surface area contributed by atoms with Crippen LogP contribution in [0.3, 0.4) is 0 Å². The van der Waals surface area contributed by atoms with Crippen molar-refractivity contribution in [2.75, 3.05) is 0 Å². The molecular formula is C5H10N2O2. The van der Waals surface area contributed by atoms with Gasteiger partial charge in [-0.3, -0.25) is 10.2 Å². The van der Waals surface area contributed by atoms with Crippen LogP contribution in [0.4, 0.5) is 0 Å². The summed E-state index contributed by atoms with van der Waals surface area (Å²) in [5.74, 6) is -1.40. The fourth-order valence-corrected chi connectivity index (χ4v) is 0.115. The Bertz CT molecular complexity index is 135. The second kappa shape index (κ2) is 2.05. The standard InChI is InChI=1S/C5H10N2O2/c1-5(2,3(6)7)4(8)9/h1-2H3,(H3,6,7)(H,8,9). The molecule has 0 fully saturated rings. The van der Waals surface area contributed by atoms with Gasteiger partial charge in [-0.05, 0) is 13.8 Å². The van der Waals surface area contributed by atoms with Gasteiger partial charge in [0.05, 0.1) is 0 Å². The lowest BCUT2D eigenvalue weighted by molar-refractivity contribution is -0.143. The van der Waals surface area contributed by atoms with Crippen LogP contribution in [0, 0.1) is 10.8 Å². The summed E-state index contributed by atoms with van der Waals surface area (Å²) >= 11 is 0. The molecule has 0 heterocycles. The van der Waals surface area contributed by atoms with E-state index in [1.54, 1.807) is 0 Å². The summed E-state index contributed by atoms with van der Waals surface area (Å²) in [6.07, 6.45) is 0. The van der Waals surface area contributed by atoms with Gasteiger partial charge in [0, 0.05) is 0 Å². The molecule has 0 amide bonds. The molecule has 0 bridgehead atoms. The van der Waals surface area contributed by atoms with Crippen LogP contribution < -0.4 is 5.73 Å². The first kappa shape index (κ1) is 7.94. The number of rotatable bonds is 2. The second-order valence-electron chi connectivity index (χ2n) is 2.34. The predicted octanol–water partition coefficient (Wildman–Crippen LogP) is 0.0332. The molecule has 0 aromatic rings. The van der Waals surface area contributed by atoms with Crippen LogP contribution in [0.25, 0.3) is 0 Å². The predicted molar refractivity (Wildman–Crippen MR) is 33.3 cm³/mol. The molecule has 0 aliphatic carbocycles. The molecule has 0 atom stereocenters. The normalized spacial score (nSPS) is 10.9. The molecule has 52 valence electrons. The van der Waals surface area contributed by atoms with Crippen molar-refractivity contribution in [1.82, 2.24) is 0 Å². The molecule has 0 saturated carbocycles. The van der Waals surface area contributed by atoms with Gasteiger partial charge in [0.25, 0.3) is 0 Å². The van der Waals surface area contributed by atoms with E-state index >= 15 is 0 Å². The minimum absolute atomic E-state index is 0.324. The van der Waals surface area contributed by atoms with Gasteiger partial charge in [0.1, 0.15) is 11.3 Å². The van der Waals surface area contributed by atoms with Crippen LogP contribution >= 0.6 is 0 Å². The molecule has 0 aromatic heterocycles. The van der Waals surface area contributed by atoms with E-state index in [0.29, 0.717) is 0 Å². The third-order valence-electron chi connectivity index (χ3n) is 1.21. The molecule has 0 radical (unpaired) electrons. The van der Waals surface area contributed by atoms with Crippen LogP contribution in [0.5, 0.6) is 0 Å². The zero-order valence-corrected chi connectivity index (χ0v) is 5.43. The lowest BCUT2D eigenvalue weighted by Gasteiger charge is -2.15. The zero-order valence-electron chi connectivity index (χ0n) is 5.43. The molecule has 0 spiro atoms. The van der Waals surface area contributed by atoms with E-state index in [-0.39, 0.29) is 5.84 Å². The van der Waals surface area contributed by atoms with Crippen molar-refractivity contribution in [1.29, 1.82) is 5.41 Å². The van der Waals surface area contributed by atoms with Gasteiger partial charge in [0.2, 0.25) is 0 Å². The molecule has 0 saturated heterocycles. The Morgan fingerprint density at radius 1 is 1.67 bits per heavy atom. The molecule has 0 aromatic carbocycles. The van der Waals surface area contributed by atoms with Crippen LogP contribution in [0.15, 0.2) is 0 Å². The molecule has 0 aliphatic heterocycles. The molecule has 4 N–H and O–H groups in total. The molecule has 0 aliphatic rings. The fourth-order valence-electron chi connectivity index (χ4n) is 0.115. The average Bonchev–Trinajstić information content (AvgIpc) is 1.65. The van der Waals surface area contributed by atoms with Gasteiger partial charge in [-0.1, -0.05) is 0 Å². The SMILES string of the molecule is CC(C)(C(=N)N)C(=O)O. The fraction of sp³-hybridized carbons (Fsp3) is 0.600. The number of aliphatic carboxylic acids is 1. The molecule has 0 rings (SSSR count). The average molecular weight is 130 g/mol. The summed E-state index contributed by atoms with van der Waals surface area (Å²) in [6.45, 7) is 2.77. The lowest BCUT2D eigenvalue weighted by atomic mass is 9.93. The minimum Gasteiger partial charge on any atom is -0.481 e. The highest BCUT2D eigenvalue weighted by atomic mass is 16.4. The third-order valence-corrected chi connectivity index (χ3v) is 1.21. The Kier molecular flexibility index (Phi) is 1.80. The van der Waals surface area contributed by atoms with E-state index in [9.17, 15) is 4.79 Å². The Morgan fingerprint density at radius 2 is 2.00 bits per heavy atom. The monoisotopic (exact) mass is 130 g/mol. The van der Waals surface area contributed by atoms with Crippen LogP contribution in [0.2, 0.25) is 0 Å². The second-order valence-corrected chi connectivity index (χ2v) is 2.34. The third kappa shape index (κ3) is 1.42. The molecule has 9 heavy (non-hydrogen) atoms. The van der Waals surface area contributed by atoms with E-state index in [0.717, 1.165) is 0 Å². The maximum atomic E-state index is 10.2.